The Labute approximate surface area is 169 Å². The fourth-order valence-electron chi connectivity index (χ4n) is 3.82. The van der Waals surface area contributed by atoms with Crippen LogP contribution in [0.2, 0.25) is 0 Å². The van der Waals surface area contributed by atoms with Crippen molar-refractivity contribution in [1.82, 2.24) is 9.13 Å². The van der Waals surface area contributed by atoms with E-state index in [0.717, 1.165) is 16.6 Å². The number of imidazole rings is 1. The zero-order valence-corrected chi connectivity index (χ0v) is 16.4. The van der Waals surface area contributed by atoms with Gasteiger partial charge in [-0.3, -0.25) is 5.41 Å². The van der Waals surface area contributed by atoms with Gasteiger partial charge in [0.25, 0.3) is 0 Å². The monoisotopic (exact) mass is 387 g/mol. The number of rotatable bonds is 6. The van der Waals surface area contributed by atoms with Crippen LogP contribution in [0.3, 0.4) is 0 Å². The molecule has 4 aromatic rings. The lowest BCUT2D eigenvalue weighted by molar-refractivity contribution is 0.0721. The Kier molecular flexibility index (Phi) is 5.34. The Balaban J connectivity index is 1.83. The fourth-order valence-corrected chi connectivity index (χ4v) is 3.82. The number of hydrogen-bond acceptors (Lipinski definition) is 3. The number of aliphatic hydroxyl groups excluding tert-OH is 2. The third-order valence-electron chi connectivity index (χ3n) is 5.40. The maximum absolute atomic E-state index is 11.0. The van der Waals surface area contributed by atoms with E-state index >= 15 is 0 Å². The number of hydrogen-bond donors (Lipinski definition) is 3. The highest BCUT2D eigenvalue weighted by Gasteiger charge is 2.26. The van der Waals surface area contributed by atoms with Gasteiger partial charge in [-0.25, -0.2) is 0 Å². The van der Waals surface area contributed by atoms with Crippen molar-refractivity contribution >= 4 is 11.0 Å². The Morgan fingerprint density at radius 3 is 2.14 bits per heavy atom. The van der Waals surface area contributed by atoms with Gasteiger partial charge in [-0.15, -0.1) is 0 Å². The average Bonchev–Trinajstić information content (AvgIpc) is 3.03. The Hall–Kier alpha value is -3.15. The number of benzene rings is 3. The van der Waals surface area contributed by atoms with Crippen LogP contribution in [0.15, 0.2) is 78.9 Å². The summed E-state index contributed by atoms with van der Waals surface area (Å²) < 4.78 is 3.65. The second-order valence-corrected chi connectivity index (χ2v) is 7.36. The summed E-state index contributed by atoms with van der Waals surface area (Å²) in [7, 11) is 0. The van der Waals surface area contributed by atoms with E-state index < -0.39 is 12.1 Å². The lowest BCUT2D eigenvalue weighted by Crippen LogP contribution is -2.32. The minimum absolute atomic E-state index is 0.251. The summed E-state index contributed by atoms with van der Waals surface area (Å²) in [6, 6.07) is 24.6. The predicted octanol–water partition coefficient (Wildman–Crippen LogP) is 3.55. The molecule has 0 bridgehead atoms. The van der Waals surface area contributed by atoms with E-state index in [4.69, 9.17) is 5.41 Å². The van der Waals surface area contributed by atoms with Crippen LogP contribution in [0.25, 0.3) is 11.0 Å². The van der Waals surface area contributed by atoms with Gasteiger partial charge in [0.15, 0.2) is 0 Å². The van der Waals surface area contributed by atoms with Crippen LogP contribution in [0.1, 0.15) is 28.8 Å². The summed E-state index contributed by atoms with van der Waals surface area (Å²) in [5, 5.41) is 30.0. The number of aliphatic hydroxyl groups is 2. The SMILES string of the molecule is Cc1ccc(Cn2c(=N)n([C@H](CO)[C@H](O)c3ccccc3)c3ccccc32)cc1. The molecule has 4 rings (SSSR count). The highest BCUT2D eigenvalue weighted by molar-refractivity contribution is 5.76. The van der Waals surface area contributed by atoms with Gasteiger partial charge in [0.05, 0.1) is 30.2 Å². The second-order valence-electron chi connectivity index (χ2n) is 7.36. The van der Waals surface area contributed by atoms with Crippen molar-refractivity contribution in [3.8, 4) is 0 Å². The molecule has 1 heterocycles. The summed E-state index contributed by atoms with van der Waals surface area (Å²) in [5.74, 6) is 0. The summed E-state index contributed by atoms with van der Waals surface area (Å²) in [6.07, 6.45) is -0.922. The van der Waals surface area contributed by atoms with Crippen LogP contribution in [-0.4, -0.2) is 26.0 Å². The van der Waals surface area contributed by atoms with Gasteiger partial charge in [-0.2, -0.15) is 0 Å². The Morgan fingerprint density at radius 1 is 0.862 bits per heavy atom. The molecule has 0 spiro atoms. The molecule has 1 aromatic heterocycles. The van der Waals surface area contributed by atoms with E-state index in [0.29, 0.717) is 12.1 Å². The van der Waals surface area contributed by atoms with Crippen molar-refractivity contribution in [3.05, 3.63) is 101 Å². The van der Waals surface area contributed by atoms with Crippen molar-refractivity contribution in [2.45, 2.75) is 25.6 Å². The lowest BCUT2D eigenvalue weighted by Gasteiger charge is -2.23. The van der Waals surface area contributed by atoms with Crippen molar-refractivity contribution < 1.29 is 10.2 Å². The van der Waals surface area contributed by atoms with E-state index in [1.165, 1.54) is 5.56 Å². The van der Waals surface area contributed by atoms with Gasteiger partial charge in [0.1, 0.15) is 6.10 Å². The molecule has 0 amide bonds. The molecule has 0 radical (unpaired) electrons. The summed E-state index contributed by atoms with van der Waals surface area (Å²) in [6.45, 7) is 2.33. The molecule has 3 N–H and O–H groups in total. The first-order chi connectivity index (χ1) is 14.1. The largest absolute Gasteiger partial charge is 0.394 e. The number of aryl methyl sites for hydroxylation is 1. The van der Waals surface area contributed by atoms with E-state index in [1.807, 2.05) is 59.2 Å². The van der Waals surface area contributed by atoms with Crippen LogP contribution >= 0.6 is 0 Å². The van der Waals surface area contributed by atoms with Gasteiger partial charge in [-0.05, 0) is 30.2 Å². The van der Waals surface area contributed by atoms with Gasteiger partial charge in [-0.1, -0.05) is 72.3 Å². The standard InChI is InChI=1S/C24H25N3O2/c1-17-11-13-18(14-12-17)15-26-20-9-5-6-10-21(20)27(24(26)25)22(16-28)23(29)19-7-3-2-4-8-19/h2-14,22-23,25,28-29H,15-16H2,1H3/t22-,23-/m1/s1. The third kappa shape index (κ3) is 3.62. The number of para-hydroxylation sites is 2. The molecular weight excluding hydrogens is 362 g/mol. The highest BCUT2D eigenvalue weighted by Crippen LogP contribution is 2.28. The number of nitrogens with one attached hydrogen (secondary N) is 1. The molecule has 0 aliphatic carbocycles. The van der Waals surface area contributed by atoms with E-state index in [-0.39, 0.29) is 12.2 Å². The number of fused-ring (bicyclic) bond motifs is 1. The highest BCUT2D eigenvalue weighted by atomic mass is 16.3. The minimum Gasteiger partial charge on any atom is -0.394 e. The second kappa shape index (κ2) is 8.07. The molecule has 5 heteroatoms. The summed E-state index contributed by atoms with van der Waals surface area (Å²) >= 11 is 0. The molecule has 0 aliphatic heterocycles. The van der Waals surface area contributed by atoms with Crippen LogP contribution < -0.4 is 5.62 Å². The summed E-state index contributed by atoms with van der Waals surface area (Å²) in [5.41, 5.74) is 4.98. The Bertz CT molecular complexity index is 1160. The zero-order valence-electron chi connectivity index (χ0n) is 16.4. The van der Waals surface area contributed by atoms with E-state index in [2.05, 4.69) is 31.2 Å². The summed E-state index contributed by atoms with van der Waals surface area (Å²) in [4.78, 5) is 0. The van der Waals surface area contributed by atoms with Gasteiger partial charge in [0, 0.05) is 0 Å². The van der Waals surface area contributed by atoms with Crippen LogP contribution in [0, 0.1) is 12.3 Å². The first-order valence-corrected chi connectivity index (χ1v) is 9.74. The first kappa shape index (κ1) is 19.2. The third-order valence-corrected chi connectivity index (χ3v) is 5.40. The topological polar surface area (TPSA) is 74.2 Å². The maximum Gasteiger partial charge on any atom is 0.203 e. The number of aromatic nitrogens is 2. The smallest absolute Gasteiger partial charge is 0.203 e. The maximum atomic E-state index is 11.0. The molecule has 0 aliphatic rings. The van der Waals surface area contributed by atoms with Crippen LogP contribution in [-0.2, 0) is 6.54 Å². The van der Waals surface area contributed by atoms with Crippen molar-refractivity contribution in [3.63, 3.8) is 0 Å². The van der Waals surface area contributed by atoms with Crippen molar-refractivity contribution in [1.29, 1.82) is 5.41 Å². The quantitative estimate of drug-likeness (QED) is 0.473. The lowest BCUT2D eigenvalue weighted by atomic mass is 10.0. The molecule has 0 unspecified atom stereocenters. The van der Waals surface area contributed by atoms with Gasteiger partial charge < -0.3 is 19.3 Å². The molecule has 2 atom stereocenters. The van der Waals surface area contributed by atoms with Crippen LogP contribution in [0.5, 0.6) is 0 Å². The predicted molar refractivity (Wildman–Crippen MR) is 114 cm³/mol. The van der Waals surface area contributed by atoms with Crippen molar-refractivity contribution in [2.24, 2.45) is 0 Å². The molecule has 3 aromatic carbocycles. The molecule has 148 valence electrons. The van der Waals surface area contributed by atoms with Gasteiger partial charge in [0.2, 0.25) is 5.62 Å². The average molecular weight is 387 g/mol. The zero-order chi connectivity index (χ0) is 20.4. The van der Waals surface area contributed by atoms with Gasteiger partial charge >= 0.3 is 0 Å². The molecule has 0 fully saturated rings. The molecule has 29 heavy (non-hydrogen) atoms. The molecule has 0 saturated carbocycles. The van der Waals surface area contributed by atoms with Crippen LogP contribution in [0.4, 0.5) is 0 Å². The fraction of sp³-hybridized carbons (Fsp3) is 0.208. The first-order valence-electron chi connectivity index (χ1n) is 9.74. The molecule has 0 saturated heterocycles. The van der Waals surface area contributed by atoms with E-state index in [9.17, 15) is 10.2 Å². The minimum atomic E-state index is -0.922. The van der Waals surface area contributed by atoms with E-state index in [1.54, 1.807) is 4.57 Å². The van der Waals surface area contributed by atoms with Crippen molar-refractivity contribution in [2.75, 3.05) is 6.61 Å². The molecular formula is C24H25N3O2. The number of nitrogens with zero attached hydrogens (tertiary/aromatic N) is 2. The normalized spacial score (nSPS) is 13.5. The Morgan fingerprint density at radius 2 is 1.48 bits per heavy atom. The molecule has 5 nitrogen and oxygen atoms in total.